The van der Waals surface area contributed by atoms with Gasteiger partial charge in [0.15, 0.2) is 0 Å². The second-order valence-corrected chi connectivity index (χ2v) is 9.37. The zero-order valence-electron chi connectivity index (χ0n) is 16.4. The van der Waals surface area contributed by atoms with E-state index in [9.17, 15) is 13.2 Å². The standard InChI is InChI=1S/C19H23N5O5S/c1-19(6-7-19)24-18(25)29-14-8-16(28-11-14)12-9-21-17(22-10-12)23-13-2-4-15(5-3-13)30(20,26)27/h2-5,9-10,14,16H,6-8,11H2,1H3,(H,24,25)(H2,20,26,27)(H,21,22,23)/t14-,16+/m1/s1. The number of aromatic nitrogens is 2. The number of carbonyl (C=O) groups is 1. The van der Waals surface area contributed by atoms with E-state index < -0.39 is 16.1 Å². The number of carbonyl (C=O) groups excluding carboxylic acids is 1. The van der Waals surface area contributed by atoms with Gasteiger partial charge in [0.05, 0.1) is 17.6 Å². The minimum absolute atomic E-state index is 0.0272. The van der Waals surface area contributed by atoms with Crippen molar-refractivity contribution in [2.45, 2.75) is 48.8 Å². The molecule has 160 valence electrons. The van der Waals surface area contributed by atoms with Crippen molar-refractivity contribution in [2.24, 2.45) is 5.14 Å². The topological polar surface area (TPSA) is 146 Å². The third kappa shape index (κ3) is 5.04. The fourth-order valence-electron chi connectivity index (χ4n) is 3.08. The molecule has 4 N–H and O–H groups in total. The molecule has 1 aliphatic heterocycles. The van der Waals surface area contributed by atoms with Crippen molar-refractivity contribution in [2.75, 3.05) is 11.9 Å². The molecule has 1 aromatic carbocycles. The van der Waals surface area contributed by atoms with E-state index in [-0.39, 0.29) is 22.6 Å². The van der Waals surface area contributed by atoms with Crippen LogP contribution >= 0.6 is 0 Å². The Morgan fingerprint density at radius 3 is 2.50 bits per heavy atom. The number of primary sulfonamides is 1. The van der Waals surface area contributed by atoms with Gasteiger partial charge in [-0.05, 0) is 44.0 Å². The zero-order valence-corrected chi connectivity index (χ0v) is 17.2. The molecule has 2 aromatic rings. The number of amides is 1. The first-order valence-electron chi connectivity index (χ1n) is 9.52. The fourth-order valence-corrected chi connectivity index (χ4v) is 3.59. The molecule has 4 rings (SSSR count). The van der Waals surface area contributed by atoms with Crippen LogP contribution in [0.25, 0.3) is 0 Å². The summed E-state index contributed by atoms with van der Waals surface area (Å²) in [6.07, 6.45) is 4.80. The molecule has 1 aliphatic carbocycles. The molecule has 2 heterocycles. The van der Waals surface area contributed by atoms with Crippen molar-refractivity contribution in [1.29, 1.82) is 0 Å². The van der Waals surface area contributed by atoms with Gasteiger partial charge in [0.1, 0.15) is 6.10 Å². The molecule has 1 amide bonds. The Balaban J connectivity index is 1.31. The number of alkyl carbamates (subject to hydrolysis) is 1. The maximum absolute atomic E-state index is 11.9. The minimum Gasteiger partial charge on any atom is -0.444 e. The second kappa shape index (κ2) is 7.82. The van der Waals surface area contributed by atoms with Gasteiger partial charge in [-0.25, -0.2) is 28.3 Å². The summed E-state index contributed by atoms with van der Waals surface area (Å²) in [6, 6.07) is 5.95. The predicted octanol–water partition coefficient (Wildman–Crippen LogP) is 1.98. The number of nitrogens with two attached hydrogens (primary N) is 1. The predicted molar refractivity (Wildman–Crippen MR) is 107 cm³/mol. The van der Waals surface area contributed by atoms with Gasteiger partial charge in [0.25, 0.3) is 0 Å². The molecule has 1 saturated carbocycles. The minimum atomic E-state index is -3.73. The number of sulfonamides is 1. The normalized spacial score (nSPS) is 22.3. The Bertz CT molecular complexity index is 1020. The Hall–Kier alpha value is -2.76. The molecule has 10 nitrogen and oxygen atoms in total. The average Bonchev–Trinajstić information content (AvgIpc) is 3.22. The first-order chi connectivity index (χ1) is 14.2. The van der Waals surface area contributed by atoms with Crippen LogP contribution in [-0.2, 0) is 19.5 Å². The van der Waals surface area contributed by atoms with Gasteiger partial charge in [0, 0.05) is 35.6 Å². The van der Waals surface area contributed by atoms with Gasteiger partial charge in [-0.15, -0.1) is 0 Å². The molecule has 1 saturated heterocycles. The van der Waals surface area contributed by atoms with Crippen molar-refractivity contribution < 1.29 is 22.7 Å². The van der Waals surface area contributed by atoms with E-state index in [0.717, 1.165) is 18.4 Å². The lowest BCUT2D eigenvalue weighted by Gasteiger charge is -2.15. The molecule has 11 heteroatoms. The molecule has 0 radical (unpaired) electrons. The Morgan fingerprint density at radius 2 is 1.90 bits per heavy atom. The van der Waals surface area contributed by atoms with Gasteiger partial charge in [-0.2, -0.15) is 0 Å². The number of rotatable bonds is 6. The van der Waals surface area contributed by atoms with Crippen LogP contribution in [-0.4, -0.2) is 42.7 Å². The molecule has 2 aliphatic rings. The fraction of sp³-hybridized carbons (Fsp3) is 0.421. The number of hydrogen-bond donors (Lipinski definition) is 3. The molecule has 2 fully saturated rings. The third-order valence-corrected chi connectivity index (χ3v) is 6.05. The summed E-state index contributed by atoms with van der Waals surface area (Å²) in [5.41, 5.74) is 1.28. The zero-order chi connectivity index (χ0) is 21.4. The Morgan fingerprint density at radius 1 is 1.23 bits per heavy atom. The molecule has 0 bridgehead atoms. The van der Waals surface area contributed by atoms with Crippen LogP contribution in [0.1, 0.15) is 37.9 Å². The largest absolute Gasteiger partial charge is 0.444 e. The van der Waals surface area contributed by atoms with Gasteiger partial charge in [-0.1, -0.05) is 0 Å². The van der Waals surface area contributed by atoms with E-state index in [1.165, 1.54) is 12.1 Å². The SMILES string of the molecule is CC1(NC(=O)O[C@H]2CO[C@H](c3cnc(Nc4ccc(S(N)(=O)=O)cc4)nc3)C2)CC1. The highest BCUT2D eigenvalue weighted by molar-refractivity contribution is 7.89. The quantitative estimate of drug-likeness (QED) is 0.627. The number of benzene rings is 1. The van der Waals surface area contributed by atoms with Crippen LogP contribution in [0, 0.1) is 0 Å². The summed E-state index contributed by atoms with van der Waals surface area (Å²) in [5.74, 6) is 0.352. The van der Waals surface area contributed by atoms with Crippen molar-refractivity contribution in [3.63, 3.8) is 0 Å². The summed E-state index contributed by atoms with van der Waals surface area (Å²) in [5, 5.41) is 10.9. The maximum Gasteiger partial charge on any atom is 0.407 e. The molecule has 0 unspecified atom stereocenters. The number of nitrogens with zero attached hydrogens (tertiary/aromatic N) is 2. The van der Waals surface area contributed by atoms with E-state index in [2.05, 4.69) is 20.6 Å². The molecule has 2 atom stereocenters. The maximum atomic E-state index is 11.9. The van der Waals surface area contributed by atoms with Crippen molar-refractivity contribution >= 4 is 27.8 Å². The molecular formula is C19H23N5O5S. The van der Waals surface area contributed by atoms with E-state index in [1.54, 1.807) is 24.5 Å². The second-order valence-electron chi connectivity index (χ2n) is 7.81. The van der Waals surface area contributed by atoms with Crippen LogP contribution in [0.5, 0.6) is 0 Å². The van der Waals surface area contributed by atoms with E-state index in [4.69, 9.17) is 14.6 Å². The summed E-state index contributed by atoms with van der Waals surface area (Å²) >= 11 is 0. The average molecular weight is 433 g/mol. The Labute approximate surface area is 174 Å². The van der Waals surface area contributed by atoms with Crippen molar-refractivity contribution in [3.05, 3.63) is 42.2 Å². The van der Waals surface area contributed by atoms with Gasteiger partial charge in [0.2, 0.25) is 16.0 Å². The number of hydrogen-bond acceptors (Lipinski definition) is 8. The summed E-state index contributed by atoms with van der Waals surface area (Å²) < 4.78 is 33.8. The van der Waals surface area contributed by atoms with Gasteiger partial charge >= 0.3 is 6.09 Å². The lowest BCUT2D eigenvalue weighted by atomic mass is 10.1. The lowest BCUT2D eigenvalue weighted by Crippen LogP contribution is -2.37. The van der Waals surface area contributed by atoms with Crippen molar-refractivity contribution in [1.82, 2.24) is 15.3 Å². The first-order valence-corrected chi connectivity index (χ1v) is 11.1. The van der Waals surface area contributed by atoms with Crippen molar-refractivity contribution in [3.8, 4) is 0 Å². The smallest absolute Gasteiger partial charge is 0.407 e. The van der Waals surface area contributed by atoms with Crippen LogP contribution in [0.2, 0.25) is 0 Å². The first kappa shape index (κ1) is 20.5. The highest BCUT2D eigenvalue weighted by atomic mass is 32.2. The molecule has 0 spiro atoms. The number of nitrogens with one attached hydrogen (secondary N) is 2. The highest BCUT2D eigenvalue weighted by Crippen LogP contribution is 2.35. The summed E-state index contributed by atoms with van der Waals surface area (Å²) in [7, 11) is -3.73. The van der Waals surface area contributed by atoms with E-state index in [1.807, 2.05) is 6.92 Å². The monoisotopic (exact) mass is 433 g/mol. The lowest BCUT2D eigenvalue weighted by molar-refractivity contribution is 0.0683. The van der Waals surface area contributed by atoms with Crippen LogP contribution in [0.15, 0.2) is 41.6 Å². The Kier molecular flexibility index (Phi) is 5.35. The molecular weight excluding hydrogens is 410 g/mol. The molecule has 1 aromatic heterocycles. The van der Waals surface area contributed by atoms with Crippen LogP contribution in [0.4, 0.5) is 16.4 Å². The summed E-state index contributed by atoms with van der Waals surface area (Å²) in [6.45, 7) is 2.31. The van der Waals surface area contributed by atoms with Crippen LogP contribution in [0.3, 0.4) is 0 Å². The highest BCUT2D eigenvalue weighted by Gasteiger charge is 2.40. The third-order valence-electron chi connectivity index (χ3n) is 5.12. The summed E-state index contributed by atoms with van der Waals surface area (Å²) in [4.78, 5) is 20.5. The van der Waals surface area contributed by atoms with E-state index >= 15 is 0 Å². The number of anilines is 2. The van der Waals surface area contributed by atoms with Gasteiger partial charge < -0.3 is 20.1 Å². The number of ether oxygens (including phenoxy) is 2. The van der Waals surface area contributed by atoms with Gasteiger partial charge in [-0.3, -0.25) is 0 Å². The molecule has 30 heavy (non-hydrogen) atoms. The van der Waals surface area contributed by atoms with E-state index in [0.29, 0.717) is 24.7 Å². The van der Waals surface area contributed by atoms with Crippen LogP contribution < -0.4 is 15.8 Å².